The van der Waals surface area contributed by atoms with Crippen LogP contribution in [0.1, 0.15) is 36.8 Å². The van der Waals surface area contributed by atoms with Crippen molar-refractivity contribution >= 4 is 28.9 Å². The van der Waals surface area contributed by atoms with Gasteiger partial charge in [0.05, 0.1) is 33.5 Å². The molecule has 0 spiro atoms. The molecule has 0 radical (unpaired) electrons. The van der Waals surface area contributed by atoms with Crippen molar-refractivity contribution in [3.63, 3.8) is 0 Å². The highest BCUT2D eigenvalue weighted by molar-refractivity contribution is 6.21. The van der Waals surface area contributed by atoms with Gasteiger partial charge in [-0.2, -0.15) is 0 Å². The van der Waals surface area contributed by atoms with Gasteiger partial charge in [-0.25, -0.2) is 19.1 Å². The Kier molecular flexibility index (Phi) is 4.51. The first-order valence-electron chi connectivity index (χ1n) is 9.59. The maximum Gasteiger partial charge on any atom is 0.340 e. The zero-order valence-electron chi connectivity index (χ0n) is 16.7. The summed E-state index contributed by atoms with van der Waals surface area (Å²) in [5, 5.41) is 4.20. The number of esters is 1. The van der Waals surface area contributed by atoms with E-state index < -0.39 is 30.3 Å². The molecule has 0 fully saturated rings. The summed E-state index contributed by atoms with van der Waals surface area (Å²) in [5.74, 6) is -2.27. The molecule has 0 atom stereocenters. The van der Waals surface area contributed by atoms with Crippen LogP contribution in [-0.2, 0) is 4.74 Å². The molecule has 1 aliphatic rings. The summed E-state index contributed by atoms with van der Waals surface area (Å²) in [6.07, 6.45) is 0. The van der Waals surface area contributed by atoms with E-state index in [0.29, 0.717) is 22.3 Å². The number of fused-ring (bicyclic) bond motifs is 2. The van der Waals surface area contributed by atoms with E-state index in [0.717, 1.165) is 4.90 Å². The molecule has 0 aliphatic carbocycles. The fourth-order valence-corrected chi connectivity index (χ4v) is 3.58. The summed E-state index contributed by atoms with van der Waals surface area (Å²) >= 11 is 0. The third-order valence-electron chi connectivity index (χ3n) is 5.18. The molecule has 32 heavy (non-hydrogen) atoms. The van der Waals surface area contributed by atoms with E-state index in [4.69, 9.17) is 9.26 Å². The van der Waals surface area contributed by atoms with E-state index in [1.807, 2.05) is 0 Å². The number of aryl methyl sites for hydroxylation is 1. The van der Waals surface area contributed by atoms with Gasteiger partial charge < -0.3 is 9.26 Å². The molecule has 0 unspecified atom stereocenters. The number of hydrogen-bond acceptors (Lipinski definition) is 7. The summed E-state index contributed by atoms with van der Waals surface area (Å²) in [6, 6.07) is 13.4. The third kappa shape index (κ3) is 3.11. The number of nitrogens with zero attached hydrogens (tertiary/aromatic N) is 3. The molecular weight excluding hydrogens is 417 g/mol. The molecule has 0 bridgehead atoms. The molecule has 4 aromatic rings. The van der Waals surface area contributed by atoms with E-state index >= 15 is 0 Å². The Labute approximate surface area is 180 Å². The first kappa shape index (κ1) is 19.6. The number of amides is 2. The molecule has 1 aliphatic heterocycles. The summed E-state index contributed by atoms with van der Waals surface area (Å²) in [7, 11) is 0. The second-order valence-electron chi connectivity index (χ2n) is 7.15. The summed E-state index contributed by atoms with van der Waals surface area (Å²) in [5.41, 5.74) is 2.05. The zero-order chi connectivity index (χ0) is 22.4. The highest BCUT2D eigenvalue weighted by Gasteiger charge is 2.36. The van der Waals surface area contributed by atoms with Gasteiger partial charge in [-0.15, -0.1) is 0 Å². The highest BCUT2D eigenvalue weighted by atomic mass is 19.1. The molecule has 9 heteroatoms. The van der Waals surface area contributed by atoms with Gasteiger partial charge in [-0.1, -0.05) is 17.3 Å². The fraction of sp³-hybridized carbons (Fsp3) is 0.0870. The van der Waals surface area contributed by atoms with Crippen LogP contribution < -0.4 is 0 Å². The van der Waals surface area contributed by atoms with Gasteiger partial charge in [0, 0.05) is 5.56 Å². The molecular formula is C23H14FN3O5. The van der Waals surface area contributed by atoms with E-state index in [-0.39, 0.29) is 22.4 Å². The van der Waals surface area contributed by atoms with Crippen LogP contribution in [0.2, 0.25) is 0 Å². The molecule has 0 N–H and O–H groups in total. The lowest BCUT2D eigenvalue weighted by Gasteiger charge is -2.14. The van der Waals surface area contributed by atoms with Gasteiger partial charge in [0.15, 0.2) is 6.73 Å². The smallest absolute Gasteiger partial charge is 0.340 e. The standard InChI is InChI=1S/C23H14FN3O5/c1-12-19-17(10-18(25-20(19)32-26-12)13-6-8-14(24)9-7-13)23(30)31-11-27-21(28)15-4-2-3-5-16(15)22(27)29/h2-10H,11H2,1H3. The Balaban J connectivity index is 1.46. The van der Waals surface area contributed by atoms with E-state index in [2.05, 4.69) is 10.1 Å². The number of hydrogen-bond donors (Lipinski definition) is 0. The largest absolute Gasteiger partial charge is 0.440 e. The average molecular weight is 431 g/mol. The maximum atomic E-state index is 13.3. The number of carbonyl (C=O) groups is 3. The van der Waals surface area contributed by atoms with Crippen molar-refractivity contribution < 1.29 is 28.0 Å². The predicted octanol–water partition coefficient (Wildman–Crippen LogP) is 3.75. The van der Waals surface area contributed by atoms with Crippen molar-refractivity contribution in [2.24, 2.45) is 0 Å². The van der Waals surface area contributed by atoms with Gasteiger partial charge in [0.25, 0.3) is 17.5 Å². The quantitative estimate of drug-likeness (QED) is 0.358. The number of imide groups is 1. The minimum absolute atomic E-state index is 0.102. The molecule has 158 valence electrons. The fourth-order valence-electron chi connectivity index (χ4n) is 3.58. The van der Waals surface area contributed by atoms with Crippen molar-refractivity contribution in [2.75, 3.05) is 6.73 Å². The van der Waals surface area contributed by atoms with E-state index in [1.165, 1.54) is 30.3 Å². The van der Waals surface area contributed by atoms with E-state index in [9.17, 15) is 18.8 Å². The Morgan fingerprint density at radius 3 is 2.38 bits per heavy atom. The van der Waals surface area contributed by atoms with Crippen LogP contribution in [0.3, 0.4) is 0 Å². The lowest BCUT2D eigenvalue weighted by molar-refractivity contribution is 0.0229. The normalized spacial score (nSPS) is 13.0. The number of aromatic nitrogens is 2. The first-order valence-corrected chi connectivity index (χ1v) is 9.59. The average Bonchev–Trinajstić information content (AvgIpc) is 3.30. The second-order valence-corrected chi connectivity index (χ2v) is 7.15. The van der Waals surface area contributed by atoms with Gasteiger partial charge in [0.2, 0.25) is 0 Å². The number of carbonyl (C=O) groups excluding carboxylic acids is 3. The molecule has 2 aromatic carbocycles. The second kappa shape index (κ2) is 7.38. The van der Waals surface area contributed by atoms with Gasteiger partial charge >= 0.3 is 5.97 Å². The molecule has 2 amide bonds. The van der Waals surface area contributed by atoms with Crippen molar-refractivity contribution in [1.29, 1.82) is 0 Å². The molecule has 5 rings (SSSR count). The van der Waals surface area contributed by atoms with Crippen LogP contribution in [0, 0.1) is 12.7 Å². The third-order valence-corrected chi connectivity index (χ3v) is 5.18. The number of halogens is 1. The number of benzene rings is 2. The van der Waals surface area contributed by atoms with Crippen LogP contribution in [0.5, 0.6) is 0 Å². The minimum atomic E-state index is -0.788. The number of rotatable bonds is 4. The van der Waals surface area contributed by atoms with Crippen LogP contribution >= 0.6 is 0 Å². The minimum Gasteiger partial charge on any atom is -0.440 e. The SMILES string of the molecule is Cc1noc2nc(-c3ccc(F)cc3)cc(C(=O)OCN3C(=O)c4ccccc4C3=O)c12. The Morgan fingerprint density at radius 2 is 1.72 bits per heavy atom. The summed E-state index contributed by atoms with van der Waals surface area (Å²) < 4.78 is 23.8. The van der Waals surface area contributed by atoms with Crippen LogP contribution in [0.4, 0.5) is 4.39 Å². The van der Waals surface area contributed by atoms with Crippen molar-refractivity contribution in [3.05, 3.63) is 82.8 Å². The maximum absolute atomic E-state index is 13.3. The number of pyridine rings is 1. The molecule has 3 heterocycles. The van der Waals surface area contributed by atoms with Crippen LogP contribution in [-0.4, -0.2) is 39.6 Å². The Bertz CT molecular complexity index is 1380. The van der Waals surface area contributed by atoms with E-state index in [1.54, 1.807) is 31.2 Å². The topological polar surface area (TPSA) is 103 Å². The van der Waals surface area contributed by atoms with Crippen LogP contribution in [0.25, 0.3) is 22.4 Å². The van der Waals surface area contributed by atoms with Gasteiger partial charge in [-0.3, -0.25) is 9.59 Å². The lowest BCUT2D eigenvalue weighted by atomic mass is 10.1. The van der Waals surface area contributed by atoms with Gasteiger partial charge in [0.1, 0.15) is 5.82 Å². The summed E-state index contributed by atoms with van der Waals surface area (Å²) in [4.78, 5) is 43.2. The Hall–Kier alpha value is -4.40. The van der Waals surface area contributed by atoms with Crippen molar-refractivity contribution in [1.82, 2.24) is 15.0 Å². The van der Waals surface area contributed by atoms with Crippen LogP contribution in [0.15, 0.2) is 59.1 Å². The summed E-state index contributed by atoms with van der Waals surface area (Å²) in [6.45, 7) is 1.09. The van der Waals surface area contributed by atoms with Gasteiger partial charge in [-0.05, 0) is 49.4 Å². The monoisotopic (exact) mass is 431 g/mol. The molecule has 8 nitrogen and oxygen atoms in total. The molecule has 2 aromatic heterocycles. The number of ether oxygens (including phenoxy) is 1. The molecule has 0 saturated heterocycles. The zero-order valence-corrected chi connectivity index (χ0v) is 16.7. The van der Waals surface area contributed by atoms with Crippen molar-refractivity contribution in [2.45, 2.75) is 6.92 Å². The highest BCUT2D eigenvalue weighted by Crippen LogP contribution is 2.28. The first-order chi connectivity index (χ1) is 15.4. The Morgan fingerprint density at radius 1 is 1.06 bits per heavy atom. The predicted molar refractivity (Wildman–Crippen MR) is 109 cm³/mol. The lowest BCUT2D eigenvalue weighted by Crippen LogP contribution is -2.33. The molecule has 0 saturated carbocycles. The van der Waals surface area contributed by atoms with Crippen molar-refractivity contribution in [3.8, 4) is 11.3 Å².